The van der Waals surface area contributed by atoms with E-state index in [1.807, 2.05) is 12.3 Å². The highest BCUT2D eigenvalue weighted by atomic mass is 32.1. The number of thiazole rings is 1. The van der Waals surface area contributed by atoms with E-state index >= 15 is 0 Å². The van der Waals surface area contributed by atoms with Crippen molar-refractivity contribution in [1.29, 1.82) is 0 Å². The Hall–Kier alpha value is -1.43. The second-order valence-electron chi connectivity index (χ2n) is 4.90. The van der Waals surface area contributed by atoms with Gasteiger partial charge >= 0.3 is 5.97 Å². The molecule has 2 N–H and O–H groups in total. The zero-order valence-corrected chi connectivity index (χ0v) is 10.7. The van der Waals surface area contributed by atoms with E-state index in [9.17, 15) is 9.59 Å². The van der Waals surface area contributed by atoms with Gasteiger partial charge in [0, 0.05) is 5.38 Å². The molecule has 1 aliphatic carbocycles. The van der Waals surface area contributed by atoms with Gasteiger partial charge in [0.05, 0.1) is 17.5 Å². The Morgan fingerprint density at radius 1 is 1.47 bits per heavy atom. The van der Waals surface area contributed by atoms with E-state index in [0.29, 0.717) is 5.13 Å². The Balaban J connectivity index is 2.05. The molecule has 1 aliphatic rings. The minimum absolute atomic E-state index is 0.253. The van der Waals surface area contributed by atoms with Crippen LogP contribution in [0.3, 0.4) is 0 Å². The van der Waals surface area contributed by atoms with Crippen molar-refractivity contribution in [2.75, 3.05) is 5.32 Å². The smallest absolute Gasteiger partial charge is 0.307 e. The molecule has 5 nitrogen and oxygen atoms in total. The van der Waals surface area contributed by atoms with Crippen molar-refractivity contribution < 1.29 is 14.7 Å². The van der Waals surface area contributed by atoms with Gasteiger partial charge in [-0.25, -0.2) is 4.98 Å². The predicted molar refractivity (Wildman–Crippen MR) is 63.9 cm³/mol. The molecular formula is C11H14N2O3S. The van der Waals surface area contributed by atoms with E-state index in [1.165, 1.54) is 11.3 Å². The fraction of sp³-hybridized carbons (Fsp3) is 0.545. The molecule has 6 heteroatoms. The zero-order valence-electron chi connectivity index (χ0n) is 9.85. The Labute approximate surface area is 103 Å². The molecular weight excluding hydrogens is 240 g/mol. The SMILES string of the molecule is Cc1csc(NC(=O)[C@@H]2[C@H](C(=O)O)C2(C)C)n1. The summed E-state index contributed by atoms with van der Waals surface area (Å²) in [6.45, 7) is 5.43. The van der Waals surface area contributed by atoms with E-state index in [4.69, 9.17) is 5.11 Å². The number of carboxylic acids is 1. The van der Waals surface area contributed by atoms with E-state index in [2.05, 4.69) is 10.3 Å². The highest BCUT2D eigenvalue weighted by molar-refractivity contribution is 7.13. The van der Waals surface area contributed by atoms with Gasteiger partial charge in [0.15, 0.2) is 5.13 Å². The third kappa shape index (κ3) is 2.04. The first-order valence-corrected chi connectivity index (χ1v) is 6.18. The van der Waals surface area contributed by atoms with Crippen molar-refractivity contribution in [2.45, 2.75) is 20.8 Å². The molecule has 0 aromatic carbocycles. The summed E-state index contributed by atoms with van der Waals surface area (Å²) >= 11 is 1.34. The molecule has 1 amide bonds. The van der Waals surface area contributed by atoms with Gasteiger partial charge in [-0.15, -0.1) is 11.3 Å². The van der Waals surface area contributed by atoms with Gasteiger partial charge in [0.2, 0.25) is 5.91 Å². The largest absolute Gasteiger partial charge is 0.481 e. The third-order valence-electron chi connectivity index (χ3n) is 3.23. The Kier molecular flexibility index (Phi) is 2.69. The molecule has 1 fully saturated rings. The third-order valence-corrected chi connectivity index (χ3v) is 4.10. The molecule has 92 valence electrons. The maximum Gasteiger partial charge on any atom is 0.307 e. The normalized spacial score (nSPS) is 25.4. The first kappa shape index (κ1) is 12.0. The molecule has 0 spiro atoms. The molecule has 2 rings (SSSR count). The van der Waals surface area contributed by atoms with Crippen LogP contribution in [0, 0.1) is 24.2 Å². The van der Waals surface area contributed by atoms with E-state index < -0.39 is 23.2 Å². The number of carbonyl (C=O) groups excluding carboxylic acids is 1. The first-order valence-electron chi connectivity index (χ1n) is 5.30. The summed E-state index contributed by atoms with van der Waals surface area (Å²) in [5.41, 5.74) is 0.373. The van der Waals surface area contributed by atoms with Gasteiger partial charge in [0.1, 0.15) is 0 Å². The van der Waals surface area contributed by atoms with Gasteiger partial charge in [0.25, 0.3) is 0 Å². The molecule has 1 saturated carbocycles. The number of aliphatic carboxylic acids is 1. The minimum atomic E-state index is -0.912. The number of amides is 1. The topological polar surface area (TPSA) is 79.3 Å². The van der Waals surface area contributed by atoms with Gasteiger partial charge in [-0.1, -0.05) is 13.8 Å². The van der Waals surface area contributed by atoms with E-state index in [1.54, 1.807) is 13.8 Å². The summed E-state index contributed by atoms with van der Waals surface area (Å²) in [7, 11) is 0. The molecule has 2 atom stereocenters. The summed E-state index contributed by atoms with van der Waals surface area (Å²) in [4.78, 5) is 27.0. The average Bonchev–Trinajstić information content (AvgIpc) is 2.54. The lowest BCUT2D eigenvalue weighted by molar-refractivity contribution is -0.140. The van der Waals surface area contributed by atoms with Crippen molar-refractivity contribution >= 4 is 28.3 Å². The van der Waals surface area contributed by atoms with Crippen molar-refractivity contribution in [2.24, 2.45) is 17.3 Å². The number of nitrogens with one attached hydrogen (secondary N) is 1. The molecule has 1 heterocycles. The van der Waals surface area contributed by atoms with Crippen molar-refractivity contribution in [1.82, 2.24) is 4.98 Å². The molecule has 0 radical (unpaired) electrons. The molecule has 17 heavy (non-hydrogen) atoms. The summed E-state index contributed by atoms with van der Waals surface area (Å²) in [6, 6.07) is 0. The number of anilines is 1. The van der Waals surface area contributed by atoms with Crippen LogP contribution >= 0.6 is 11.3 Å². The number of rotatable bonds is 3. The van der Waals surface area contributed by atoms with E-state index in [0.717, 1.165) is 5.69 Å². The number of carboxylic acid groups (broad SMARTS) is 1. The van der Waals surface area contributed by atoms with Crippen LogP contribution < -0.4 is 5.32 Å². The monoisotopic (exact) mass is 254 g/mol. The van der Waals surface area contributed by atoms with Gasteiger partial charge in [-0.05, 0) is 12.3 Å². The van der Waals surface area contributed by atoms with Crippen LogP contribution in [-0.2, 0) is 9.59 Å². The number of hydrogen-bond donors (Lipinski definition) is 2. The van der Waals surface area contributed by atoms with Crippen LogP contribution in [0.1, 0.15) is 19.5 Å². The van der Waals surface area contributed by atoms with Crippen LogP contribution in [-0.4, -0.2) is 22.0 Å². The molecule has 1 aromatic heterocycles. The maximum atomic E-state index is 11.9. The number of carbonyl (C=O) groups is 2. The van der Waals surface area contributed by atoms with Crippen LogP contribution in [0.2, 0.25) is 0 Å². The quantitative estimate of drug-likeness (QED) is 0.861. The summed E-state index contributed by atoms with van der Waals surface area (Å²) in [5.74, 6) is -2.23. The molecule has 0 unspecified atom stereocenters. The second kappa shape index (κ2) is 3.80. The fourth-order valence-corrected chi connectivity index (χ4v) is 2.87. The Bertz CT molecular complexity index is 481. The predicted octanol–water partition coefficient (Wildman–Crippen LogP) is 1.75. The van der Waals surface area contributed by atoms with Crippen LogP contribution in [0.4, 0.5) is 5.13 Å². The minimum Gasteiger partial charge on any atom is -0.481 e. The summed E-state index contributed by atoms with van der Waals surface area (Å²) < 4.78 is 0. The lowest BCUT2D eigenvalue weighted by atomic mass is 10.1. The lowest BCUT2D eigenvalue weighted by Crippen LogP contribution is -2.17. The number of aryl methyl sites for hydroxylation is 1. The van der Waals surface area contributed by atoms with Gasteiger partial charge in [-0.2, -0.15) is 0 Å². The summed E-state index contributed by atoms with van der Waals surface area (Å²) in [6.07, 6.45) is 0. The highest BCUT2D eigenvalue weighted by Gasteiger charge is 2.65. The Morgan fingerprint density at radius 3 is 2.53 bits per heavy atom. The first-order chi connectivity index (χ1) is 7.84. The van der Waals surface area contributed by atoms with Gasteiger partial charge < -0.3 is 10.4 Å². The molecule has 1 aromatic rings. The Morgan fingerprint density at radius 2 is 2.12 bits per heavy atom. The molecule has 0 saturated heterocycles. The molecule has 0 bridgehead atoms. The number of hydrogen-bond acceptors (Lipinski definition) is 4. The highest BCUT2D eigenvalue weighted by Crippen LogP contribution is 2.58. The molecule has 0 aliphatic heterocycles. The van der Waals surface area contributed by atoms with Crippen LogP contribution in [0.5, 0.6) is 0 Å². The van der Waals surface area contributed by atoms with Crippen LogP contribution in [0.25, 0.3) is 0 Å². The average molecular weight is 254 g/mol. The van der Waals surface area contributed by atoms with Crippen molar-refractivity contribution in [3.8, 4) is 0 Å². The van der Waals surface area contributed by atoms with Crippen molar-refractivity contribution in [3.63, 3.8) is 0 Å². The summed E-state index contributed by atoms with van der Waals surface area (Å²) in [5, 5.41) is 14.0. The fourth-order valence-electron chi connectivity index (χ4n) is 2.18. The van der Waals surface area contributed by atoms with E-state index in [-0.39, 0.29) is 5.91 Å². The number of nitrogens with zero attached hydrogens (tertiary/aromatic N) is 1. The standard InChI is InChI=1S/C11H14N2O3S/c1-5-4-17-10(12-5)13-8(14)6-7(9(15)16)11(6,2)3/h4,6-7H,1-3H3,(H,15,16)(H,12,13,14)/t6-,7+/m0/s1. The lowest BCUT2D eigenvalue weighted by Gasteiger charge is -2.02. The van der Waals surface area contributed by atoms with Crippen molar-refractivity contribution in [3.05, 3.63) is 11.1 Å². The van der Waals surface area contributed by atoms with Crippen LogP contribution in [0.15, 0.2) is 5.38 Å². The van der Waals surface area contributed by atoms with Gasteiger partial charge in [-0.3, -0.25) is 9.59 Å². The zero-order chi connectivity index (χ0) is 12.8. The maximum absolute atomic E-state index is 11.9. The second-order valence-corrected chi connectivity index (χ2v) is 5.76. The number of aromatic nitrogens is 1.